The molecule has 0 radical (unpaired) electrons. The minimum absolute atomic E-state index is 0.553. The Morgan fingerprint density at radius 3 is 1.67 bits per heavy atom. The Bertz CT molecular complexity index is 3470. The molecule has 0 saturated carbocycles. The van der Waals surface area contributed by atoms with Crippen molar-refractivity contribution in [3.8, 4) is 56.4 Å². The summed E-state index contributed by atoms with van der Waals surface area (Å²) in [5.74, 6) is 1.76. The largest absolute Gasteiger partial charge is 0.455 e. The van der Waals surface area contributed by atoms with E-state index in [0.29, 0.717) is 17.5 Å². The van der Waals surface area contributed by atoms with Crippen LogP contribution in [-0.2, 0) is 0 Å². The van der Waals surface area contributed by atoms with Crippen molar-refractivity contribution in [2.75, 3.05) is 0 Å². The standard InChI is InChI=1S/C51H29N3O2S/c1-3-13-30(14-4-1)49-52-50(31-15-5-2-6-16-31)54-51(53-49)40-22-12-21-38-37-20-11-19-36(46(37)56-47(38)40)35-27-26-33(48-45(35)39-18-7-9-23-42(39)55-48)32-25-28-44-41(29-32)34-17-8-10-24-43(34)57-44/h1-29H. The summed E-state index contributed by atoms with van der Waals surface area (Å²) in [6.07, 6.45) is 0. The van der Waals surface area contributed by atoms with Gasteiger partial charge in [-0.25, -0.2) is 15.0 Å². The second-order valence-electron chi connectivity index (χ2n) is 14.3. The zero-order valence-corrected chi connectivity index (χ0v) is 31.1. The Labute approximate surface area is 330 Å². The summed E-state index contributed by atoms with van der Waals surface area (Å²) in [6, 6.07) is 60.8. The Morgan fingerprint density at radius 2 is 0.912 bits per heavy atom. The average Bonchev–Trinajstić information content (AvgIpc) is 3.98. The van der Waals surface area contributed by atoms with Crippen molar-refractivity contribution in [1.29, 1.82) is 0 Å². The molecule has 8 aromatic carbocycles. The molecule has 12 aromatic rings. The molecule has 0 bridgehead atoms. The lowest BCUT2D eigenvalue weighted by Crippen LogP contribution is -2.00. The summed E-state index contributed by atoms with van der Waals surface area (Å²) in [7, 11) is 0. The summed E-state index contributed by atoms with van der Waals surface area (Å²) < 4.78 is 16.4. The molecule has 0 amide bonds. The highest BCUT2D eigenvalue weighted by atomic mass is 32.1. The first-order valence-corrected chi connectivity index (χ1v) is 19.7. The highest BCUT2D eigenvalue weighted by Gasteiger charge is 2.23. The Kier molecular flexibility index (Phi) is 7.03. The third-order valence-electron chi connectivity index (χ3n) is 11.0. The van der Waals surface area contributed by atoms with Crippen molar-refractivity contribution in [2.24, 2.45) is 0 Å². The van der Waals surface area contributed by atoms with Crippen molar-refractivity contribution in [2.45, 2.75) is 0 Å². The van der Waals surface area contributed by atoms with Crippen molar-refractivity contribution >= 4 is 75.4 Å². The van der Waals surface area contributed by atoms with Crippen molar-refractivity contribution in [3.63, 3.8) is 0 Å². The number of furan rings is 2. The highest BCUT2D eigenvalue weighted by molar-refractivity contribution is 7.25. The summed E-state index contributed by atoms with van der Waals surface area (Å²) in [6.45, 7) is 0. The van der Waals surface area contributed by atoms with E-state index in [-0.39, 0.29) is 0 Å². The predicted octanol–water partition coefficient (Wildman–Crippen LogP) is 14.4. The fourth-order valence-electron chi connectivity index (χ4n) is 8.31. The second-order valence-corrected chi connectivity index (χ2v) is 15.4. The van der Waals surface area contributed by atoms with Gasteiger partial charge in [-0.1, -0.05) is 140 Å². The van der Waals surface area contributed by atoms with E-state index in [0.717, 1.165) is 82.8 Å². The molecule has 266 valence electrons. The third kappa shape index (κ3) is 5.04. The van der Waals surface area contributed by atoms with Gasteiger partial charge in [-0.3, -0.25) is 0 Å². The number of rotatable bonds is 5. The molecule has 0 spiro atoms. The maximum atomic E-state index is 7.02. The van der Waals surface area contributed by atoms with Crippen molar-refractivity contribution in [3.05, 3.63) is 176 Å². The number of thiophene rings is 1. The topological polar surface area (TPSA) is 65.0 Å². The number of aromatic nitrogens is 3. The maximum absolute atomic E-state index is 7.02. The predicted molar refractivity (Wildman–Crippen MR) is 234 cm³/mol. The summed E-state index contributed by atoms with van der Waals surface area (Å²) in [4.78, 5) is 15.0. The molecule has 6 heteroatoms. The van der Waals surface area contributed by atoms with E-state index < -0.39 is 0 Å². The number of hydrogen-bond acceptors (Lipinski definition) is 6. The van der Waals surface area contributed by atoms with Crippen LogP contribution in [0.1, 0.15) is 0 Å². The minimum Gasteiger partial charge on any atom is -0.455 e. The van der Waals surface area contributed by atoms with Crippen molar-refractivity contribution < 1.29 is 8.83 Å². The van der Waals surface area contributed by atoms with Crippen LogP contribution >= 0.6 is 11.3 Å². The molecular formula is C51H29N3O2S. The molecule has 12 rings (SSSR count). The molecule has 0 aliphatic heterocycles. The van der Waals surface area contributed by atoms with Crippen LogP contribution in [0, 0.1) is 0 Å². The van der Waals surface area contributed by atoms with Crippen LogP contribution < -0.4 is 0 Å². The van der Waals surface area contributed by atoms with Gasteiger partial charge in [-0.2, -0.15) is 0 Å². The van der Waals surface area contributed by atoms with Crippen LogP contribution in [0.25, 0.3) is 120 Å². The van der Waals surface area contributed by atoms with Gasteiger partial charge in [0.15, 0.2) is 17.5 Å². The number of hydrogen-bond donors (Lipinski definition) is 0. The molecular weight excluding hydrogens is 719 g/mol. The first kappa shape index (κ1) is 31.9. The Hall–Kier alpha value is -7.41. The number of nitrogens with zero attached hydrogens (tertiary/aromatic N) is 3. The Balaban J connectivity index is 1.07. The number of benzene rings is 8. The zero-order chi connectivity index (χ0) is 37.5. The maximum Gasteiger partial charge on any atom is 0.167 e. The summed E-state index contributed by atoms with van der Waals surface area (Å²) in [5.41, 5.74) is 10.1. The normalized spacial score (nSPS) is 11.9. The van der Waals surface area contributed by atoms with Gasteiger partial charge in [0.1, 0.15) is 22.3 Å². The van der Waals surface area contributed by atoms with E-state index in [2.05, 4.69) is 103 Å². The fourth-order valence-corrected chi connectivity index (χ4v) is 9.40. The lowest BCUT2D eigenvalue weighted by molar-refractivity contribution is 0.669. The van der Waals surface area contributed by atoms with Crippen LogP contribution in [0.5, 0.6) is 0 Å². The lowest BCUT2D eigenvalue weighted by atomic mass is 9.93. The summed E-state index contributed by atoms with van der Waals surface area (Å²) >= 11 is 1.83. The molecule has 0 fully saturated rings. The molecule has 57 heavy (non-hydrogen) atoms. The monoisotopic (exact) mass is 747 g/mol. The minimum atomic E-state index is 0.553. The molecule has 0 N–H and O–H groups in total. The lowest BCUT2D eigenvalue weighted by Gasteiger charge is -2.09. The molecule has 4 aromatic heterocycles. The van der Waals surface area contributed by atoms with Crippen LogP contribution in [0.2, 0.25) is 0 Å². The molecule has 5 nitrogen and oxygen atoms in total. The third-order valence-corrected chi connectivity index (χ3v) is 12.1. The van der Waals surface area contributed by atoms with E-state index >= 15 is 0 Å². The van der Waals surface area contributed by atoms with E-state index in [1.54, 1.807) is 0 Å². The van der Waals surface area contributed by atoms with E-state index in [1.807, 2.05) is 84.1 Å². The first-order valence-electron chi connectivity index (χ1n) is 18.9. The summed E-state index contributed by atoms with van der Waals surface area (Å²) in [5, 5.41) is 6.67. The smallest absolute Gasteiger partial charge is 0.167 e. The molecule has 0 aliphatic rings. The first-order chi connectivity index (χ1) is 28.2. The van der Waals surface area contributed by atoms with Crippen LogP contribution in [-0.4, -0.2) is 15.0 Å². The average molecular weight is 748 g/mol. The SMILES string of the molecule is c1ccc(-c2nc(-c3ccccc3)nc(-c3cccc4c3oc3c(-c5ccc(-c6ccc7sc8ccccc8c7c6)c6oc7ccccc7c56)cccc34)n2)cc1. The van der Waals surface area contributed by atoms with Crippen LogP contribution in [0.3, 0.4) is 0 Å². The van der Waals surface area contributed by atoms with Crippen LogP contribution in [0.15, 0.2) is 185 Å². The fraction of sp³-hybridized carbons (Fsp3) is 0. The molecule has 0 atom stereocenters. The van der Waals surface area contributed by atoms with E-state index in [1.165, 1.54) is 20.2 Å². The number of para-hydroxylation sites is 3. The van der Waals surface area contributed by atoms with Gasteiger partial charge in [0.05, 0.1) is 5.56 Å². The molecule has 0 aliphatic carbocycles. The van der Waals surface area contributed by atoms with Gasteiger partial charge in [0.2, 0.25) is 0 Å². The number of fused-ring (bicyclic) bond motifs is 9. The van der Waals surface area contributed by atoms with Gasteiger partial charge in [0, 0.05) is 64.0 Å². The quantitative estimate of drug-likeness (QED) is 0.175. The molecule has 0 saturated heterocycles. The van der Waals surface area contributed by atoms with Gasteiger partial charge in [-0.05, 0) is 47.5 Å². The van der Waals surface area contributed by atoms with Gasteiger partial charge < -0.3 is 8.83 Å². The van der Waals surface area contributed by atoms with Crippen molar-refractivity contribution in [1.82, 2.24) is 15.0 Å². The van der Waals surface area contributed by atoms with E-state index in [9.17, 15) is 0 Å². The zero-order valence-electron chi connectivity index (χ0n) is 30.3. The van der Waals surface area contributed by atoms with Gasteiger partial charge in [-0.15, -0.1) is 11.3 Å². The van der Waals surface area contributed by atoms with Gasteiger partial charge >= 0.3 is 0 Å². The second kappa shape index (κ2) is 12.6. The van der Waals surface area contributed by atoms with Crippen LogP contribution in [0.4, 0.5) is 0 Å². The molecule has 4 heterocycles. The van der Waals surface area contributed by atoms with E-state index in [4.69, 9.17) is 23.8 Å². The Morgan fingerprint density at radius 1 is 0.333 bits per heavy atom. The highest BCUT2D eigenvalue weighted by Crippen LogP contribution is 2.46. The van der Waals surface area contributed by atoms with Gasteiger partial charge in [0.25, 0.3) is 0 Å². The molecule has 0 unspecified atom stereocenters.